The molecule has 0 heterocycles. The summed E-state index contributed by atoms with van der Waals surface area (Å²) < 4.78 is 15.3. The molecule has 1 aliphatic carbocycles. The lowest BCUT2D eigenvalue weighted by molar-refractivity contribution is -0.146. The van der Waals surface area contributed by atoms with E-state index in [0.29, 0.717) is 49.8 Å². The van der Waals surface area contributed by atoms with E-state index in [1.54, 1.807) is 0 Å². The molecule has 0 spiro atoms. The molecule has 1 aromatic rings. The predicted octanol–water partition coefficient (Wildman–Crippen LogP) is 3.15. The average molecular weight is 418 g/mol. The van der Waals surface area contributed by atoms with Gasteiger partial charge in [-0.15, -0.1) is 0 Å². The number of benzene rings is 1. The van der Waals surface area contributed by atoms with Gasteiger partial charge in [0, 0.05) is 6.08 Å². The third kappa shape index (κ3) is 7.35. The van der Waals surface area contributed by atoms with Gasteiger partial charge in [-0.1, -0.05) is 6.58 Å². The third-order valence-corrected chi connectivity index (χ3v) is 4.90. The Kier molecular flexibility index (Phi) is 9.05. The first-order valence-corrected chi connectivity index (χ1v) is 9.91. The van der Waals surface area contributed by atoms with Crippen LogP contribution >= 0.6 is 0 Å². The molecule has 0 radical (unpaired) electrons. The number of carboxylic acids is 1. The molecule has 0 aliphatic heterocycles. The summed E-state index contributed by atoms with van der Waals surface area (Å²) in [5, 5.41) is 9.02. The molecule has 30 heavy (non-hydrogen) atoms. The SMILES string of the molecule is C=CC(=O)OCCCCOC(=O)c1ccc(OC(=O)[C@H]2CC[C@H](C(=O)O)CC2)cc1. The van der Waals surface area contributed by atoms with Gasteiger partial charge in [0.1, 0.15) is 5.75 Å². The first-order chi connectivity index (χ1) is 14.4. The highest BCUT2D eigenvalue weighted by Crippen LogP contribution is 2.30. The van der Waals surface area contributed by atoms with Crippen LogP contribution in [-0.2, 0) is 23.9 Å². The third-order valence-electron chi connectivity index (χ3n) is 4.90. The highest BCUT2D eigenvalue weighted by Gasteiger charge is 2.30. The van der Waals surface area contributed by atoms with Crippen LogP contribution in [0.5, 0.6) is 5.75 Å². The number of ether oxygens (including phenoxy) is 3. The van der Waals surface area contributed by atoms with Gasteiger partial charge in [0.15, 0.2) is 0 Å². The summed E-state index contributed by atoms with van der Waals surface area (Å²) in [5.41, 5.74) is 0.329. The van der Waals surface area contributed by atoms with Crippen molar-refractivity contribution < 1.29 is 38.5 Å². The van der Waals surface area contributed by atoms with Crippen molar-refractivity contribution in [1.29, 1.82) is 0 Å². The molecular weight excluding hydrogens is 392 g/mol. The molecule has 8 nitrogen and oxygen atoms in total. The second-order valence-electron chi connectivity index (χ2n) is 7.05. The summed E-state index contributed by atoms with van der Waals surface area (Å²) in [4.78, 5) is 46.1. The molecule has 1 aromatic carbocycles. The fraction of sp³-hybridized carbons (Fsp3) is 0.455. The normalized spacial score (nSPS) is 18.1. The minimum atomic E-state index is -0.819. The Balaban J connectivity index is 1.70. The number of carbonyl (C=O) groups excluding carboxylic acids is 3. The van der Waals surface area contributed by atoms with Crippen LogP contribution in [-0.4, -0.2) is 42.2 Å². The van der Waals surface area contributed by atoms with E-state index in [4.69, 9.17) is 19.3 Å². The highest BCUT2D eigenvalue weighted by molar-refractivity contribution is 5.89. The zero-order valence-corrected chi connectivity index (χ0v) is 16.7. The molecule has 8 heteroatoms. The van der Waals surface area contributed by atoms with Gasteiger partial charge in [0.05, 0.1) is 30.6 Å². The van der Waals surface area contributed by atoms with E-state index in [1.807, 2.05) is 0 Å². The number of carbonyl (C=O) groups is 4. The van der Waals surface area contributed by atoms with Gasteiger partial charge >= 0.3 is 23.9 Å². The van der Waals surface area contributed by atoms with Crippen molar-refractivity contribution in [3.8, 4) is 5.75 Å². The maximum absolute atomic E-state index is 12.3. The van der Waals surface area contributed by atoms with E-state index in [0.717, 1.165) is 6.08 Å². The van der Waals surface area contributed by atoms with Crippen LogP contribution in [0.15, 0.2) is 36.9 Å². The van der Waals surface area contributed by atoms with Crippen LogP contribution in [0.1, 0.15) is 48.9 Å². The lowest BCUT2D eigenvalue weighted by Crippen LogP contribution is -2.28. The van der Waals surface area contributed by atoms with Crippen molar-refractivity contribution in [2.45, 2.75) is 38.5 Å². The Morgan fingerprint density at radius 1 is 0.933 bits per heavy atom. The number of aliphatic carboxylic acids is 1. The second-order valence-corrected chi connectivity index (χ2v) is 7.05. The summed E-state index contributed by atoms with van der Waals surface area (Å²) in [6, 6.07) is 6.06. The number of esters is 3. The second kappa shape index (κ2) is 11.7. The van der Waals surface area contributed by atoms with Crippen LogP contribution in [0.4, 0.5) is 0 Å². The maximum atomic E-state index is 12.3. The first-order valence-electron chi connectivity index (χ1n) is 9.91. The smallest absolute Gasteiger partial charge is 0.338 e. The Hall–Kier alpha value is -3.16. The summed E-state index contributed by atoms with van der Waals surface area (Å²) in [6.07, 6.45) is 4.13. The van der Waals surface area contributed by atoms with E-state index >= 15 is 0 Å². The number of hydrogen-bond donors (Lipinski definition) is 1. The Morgan fingerprint density at radius 3 is 2.07 bits per heavy atom. The summed E-state index contributed by atoms with van der Waals surface area (Å²) >= 11 is 0. The zero-order chi connectivity index (χ0) is 21.9. The monoisotopic (exact) mass is 418 g/mol. The molecular formula is C22H26O8. The Labute approximate surface area is 174 Å². The van der Waals surface area contributed by atoms with Crippen molar-refractivity contribution in [3.63, 3.8) is 0 Å². The molecule has 0 aromatic heterocycles. The standard InChI is InChI=1S/C22H26O8/c1-2-19(23)28-13-3-4-14-29-21(26)16-9-11-18(12-10-16)30-22(27)17-7-5-15(6-8-17)20(24)25/h2,9-12,15,17H,1,3-8,13-14H2,(H,24,25)/t15-,17-. The lowest BCUT2D eigenvalue weighted by Gasteiger charge is -2.24. The number of hydrogen-bond acceptors (Lipinski definition) is 7. The fourth-order valence-corrected chi connectivity index (χ4v) is 3.12. The van der Waals surface area contributed by atoms with Crippen molar-refractivity contribution in [2.75, 3.05) is 13.2 Å². The van der Waals surface area contributed by atoms with Crippen molar-refractivity contribution >= 4 is 23.9 Å². The predicted molar refractivity (Wildman–Crippen MR) is 106 cm³/mol. The molecule has 0 bridgehead atoms. The fourth-order valence-electron chi connectivity index (χ4n) is 3.12. The van der Waals surface area contributed by atoms with E-state index < -0.39 is 17.9 Å². The molecule has 2 rings (SSSR count). The first kappa shape index (κ1) is 23.1. The molecule has 1 aliphatic rings. The van der Waals surface area contributed by atoms with Crippen molar-refractivity contribution in [3.05, 3.63) is 42.5 Å². The molecule has 0 amide bonds. The molecule has 1 fully saturated rings. The number of carboxylic acid groups (broad SMARTS) is 1. The molecule has 0 saturated heterocycles. The minimum absolute atomic E-state index is 0.195. The van der Waals surface area contributed by atoms with E-state index in [2.05, 4.69) is 6.58 Å². The molecule has 0 unspecified atom stereocenters. The van der Waals surface area contributed by atoms with Gasteiger partial charge in [-0.2, -0.15) is 0 Å². The highest BCUT2D eigenvalue weighted by atomic mass is 16.5. The van der Waals surface area contributed by atoms with Gasteiger partial charge in [-0.25, -0.2) is 9.59 Å². The summed E-state index contributed by atoms with van der Waals surface area (Å²) in [6.45, 7) is 3.73. The van der Waals surface area contributed by atoms with E-state index in [-0.39, 0.29) is 31.0 Å². The largest absolute Gasteiger partial charge is 0.481 e. The maximum Gasteiger partial charge on any atom is 0.338 e. The van der Waals surface area contributed by atoms with E-state index in [9.17, 15) is 19.2 Å². The summed E-state index contributed by atoms with van der Waals surface area (Å²) in [5.74, 6) is -2.56. The quantitative estimate of drug-likeness (QED) is 0.267. The van der Waals surface area contributed by atoms with Crippen LogP contribution in [0.3, 0.4) is 0 Å². The molecule has 1 N–H and O–H groups in total. The zero-order valence-electron chi connectivity index (χ0n) is 16.7. The average Bonchev–Trinajstić information content (AvgIpc) is 2.76. The molecule has 0 atom stereocenters. The van der Waals surface area contributed by atoms with Crippen LogP contribution in [0.2, 0.25) is 0 Å². The number of unbranched alkanes of at least 4 members (excludes halogenated alkanes) is 1. The molecule has 162 valence electrons. The summed E-state index contributed by atoms with van der Waals surface area (Å²) in [7, 11) is 0. The van der Waals surface area contributed by atoms with Crippen LogP contribution in [0, 0.1) is 11.8 Å². The van der Waals surface area contributed by atoms with Gasteiger partial charge in [-0.3, -0.25) is 9.59 Å². The lowest BCUT2D eigenvalue weighted by atomic mass is 9.82. The topological polar surface area (TPSA) is 116 Å². The van der Waals surface area contributed by atoms with E-state index in [1.165, 1.54) is 24.3 Å². The minimum Gasteiger partial charge on any atom is -0.481 e. The van der Waals surface area contributed by atoms with Crippen molar-refractivity contribution in [1.82, 2.24) is 0 Å². The van der Waals surface area contributed by atoms with Gasteiger partial charge < -0.3 is 19.3 Å². The van der Waals surface area contributed by atoms with Crippen LogP contribution < -0.4 is 4.74 Å². The van der Waals surface area contributed by atoms with Crippen molar-refractivity contribution in [2.24, 2.45) is 11.8 Å². The Bertz CT molecular complexity index is 760. The molecule has 1 saturated carbocycles. The Morgan fingerprint density at radius 2 is 1.50 bits per heavy atom. The number of rotatable bonds is 10. The van der Waals surface area contributed by atoms with Gasteiger partial charge in [0.25, 0.3) is 0 Å². The van der Waals surface area contributed by atoms with Gasteiger partial charge in [0.2, 0.25) is 0 Å². The van der Waals surface area contributed by atoms with Crippen LogP contribution in [0.25, 0.3) is 0 Å². The van der Waals surface area contributed by atoms with Gasteiger partial charge in [-0.05, 0) is 62.8 Å².